The number of halogens is 1. The van der Waals surface area contributed by atoms with Crippen LogP contribution in [0.25, 0.3) is 0 Å². The van der Waals surface area contributed by atoms with Crippen molar-refractivity contribution >= 4 is 22.2 Å². The predicted octanol–water partition coefficient (Wildman–Crippen LogP) is 0.709. The largest absolute Gasteiger partial charge is 0.303 e. The second-order valence-electron chi connectivity index (χ2n) is 2.13. The van der Waals surface area contributed by atoms with E-state index in [2.05, 4.69) is 26.1 Å². The fourth-order valence-electron chi connectivity index (χ4n) is 0.772. The number of hydrogen-bond acceptors (Lipinski definition) is 3. The Morgan fingerprint density at radius 1 is 1.64 bits per heavy atom. The van der Waals surface area contributed by atoms with Crippen molar-refractivity contribution in [2.75, 3.05) is 0 Å². The van der Waals surface area contributed by atoms with E-state index in [1.54, 1.807) is 7.05 Å². The summed E-state index contributed by atoms with van der Waals surface area (Å²) in [5.41, 5.74) is 0.833. The molecule has 0 atom stereocenters. The Morgan fingerprint density at radius 3 is 2.82 bits per heavy atom. The zero-order chi connectivity index (χ0) is 8.27. The quantitative estimate of drug-likeness (QED) is 0.702. The van der Waals surface area contributed by atoms with Gasteiger partial charge in [-0.15, -0.1) is 5.10 Å². The fraction of sp³-hybridized carbons (Fsp3) is 0.500. The highest BCUT2D eigenvalue weighted by atomic mass is 79.9. The average molecular weight is 218 g/mol. The third-order valence-electron chi connectivity index (χ3n) is 1.24. The summed E-state index contributed by atoms with van der Waals surface area (Å²) in [6.45, 7) is 0. The molecule has 0 unspecified atom stereocenters. The summed E-state index contributed by atoms with van der Waals surface area (Å²) in [4.78, 5) is 11.5. The lowest BCUT2D eigenvalue weighted by Crippen LogP contribution is -1.93. The topological polar surface area (TPSA) is 47.8 Å². The normalized spacial score (nSPS) is 10.0. The molecule has 1 aromatic heterocycles. The van der Waals surface area contributed by atoms with Gasteiger partial charge in [0.15, 0.2) is 4.60 Å². The second-order valence-corrected chi connectivity index (χ2v) is 2.88. The third-order valence-corrected chi connectivity index (χ3v) is 1.85. The Bertz CT molecular complexity index is 258. The zero-order valence-electron chi connectivity index (χ0n) is 6.12. The Kier molecular flexibility index (Phi) is 2.76. The van der Waals surface area contributed by atoms with E-state index in [1.165, 1.54) is 4.80 Å². The first-order valence-corrected chi connectivity index (χ1v) is 4.02. The van der Waals surface area contributed by atoms with Crippen molar-refractivity contribution in [3.05, 3.63) is 10.3 Å². The molecule has 0 radical (unpaired) electrons. The van der Waals surface area contributed by atoms with Crippen molar-refractivity contribution in [1.82, 2.24) is 15.0 Å². The lowest BCUT2D eigenvalue weighted by Gasteiger charge is -1.87. The molecule has 1 heterocycles. The van der Waals surface area contributed by atoms with Crippen LogP contribution >= 0.6 is 15.9 Å². The second kappa shape index (κ2) is 3.61. The fourth-order valence-corrected chi connectivity index (χ4v) is 1.28. The first kappa shape index (κ1) is 8.39. The molecule has 4 nitrogen and oxygen atoms in total. The van der Waals surface area contributed by atoms with Gasteiger partial charge in [-0.1, -0.05) is 0 Å². The first-order chi connectivity index (χ1) is 5.24. The molecule has 0 amide bonds. The van der Waals surface area contributed by atoms with Crippen LogP contribution in [0, 0.1) is 0 Å². The van der Waals surface area contributed by atoms with Crippen LogP contribution in [0.4, 0.5) is 0 Å². The molecule has 0 saturated heterocycles. The molecular formula is C6H8BrN3O. The van der Waals surface area contributed by atoms with Crippen molar-refractivity contribution in [2.24, 2.45) is 7.05 Å². The van der Waals surface area contributed by atoms with Gasteiger partial charge in [0.1, 0.15) is 6.29 Å². The summed E-state index contributed by atoms with van der Waals surface area (Å²) in [6.07, 6.45) is 2.02. The highest BCUT2D eigenvalue weighted by Crippen LogP contribution is 2.11. The van der Waals surface area contributed by atoms with Crippen molar-refractivity contribution in [3.8, 4) is 0 Å². The first-order valence-electron chi connectivity index (χ1n) is 3.23. The van der Waals surface area contributed by atoms with E-state index in [0.717, 1.165) is 16.6 Å². The summed E-state index contributed by atoms with van der Waals surface area (Å²) in [7, 11) is 1.75. The van der Waals surface area contributed by atoms with Gasteiger partial charge in [-0.05, 0) is 15.9 Å². The third kappa shape index (κ3) is 2.11. The Morgan fingerprint density at radius 2 is 2.36 bits per heavy atom. The molecule has 0 aliphatic rings. The van der Waals surface area contributed by atoms with Crippen LogP contribution in [0.3, 0.4) is 0 Å². The van der Waals surface area contributed by atoms with E-state index < -0.39 is 0 Å². The lowest BCUT2D eigenvalue weighted by atomic mass is 10.3. The van der Waals surface area contributed by atoms with E-state index in [9.17, 15) is 4.79 Å². The standard InChI is InChI=1S/C6H8BrN3O/c1-10-8-5(3-2-4-11)6(7)9-10/h4H,2-3H2,1H3. The van der Waals surface area contributed by atoms with Gasteiger partial charge in [-0.2, -0.15) is 9.90 Å². The maximum absolute atomic E-state index is 10.0. The van der Waals surface area contributed by atoms with Crippen molar-refractivity contribution in [3.63, 3.8) is 0 Å². The predicted molar refractivity (Wildman–Crippen MR) is 43.1 cm³/mol. The van der Waals surface area contributed by atoms with E-state index >= 15 is 0 Å². The molecule has 0 spiro atoms. The average Bonchev–Trinajstić information content (AvgIpc) is 2.26. The van der Waals surface area contributed by atoms with Crippen LogP contribution < -0.4 is 0 Å². The SMILES string of the molecule is Cn1nc(Br)c(CCC=O)n1. The van der Waals surface area contributed by atoms with Gasteiger partial charge >= 0.3 is 0 Å². The van der Waals surface area contributed by atoms with E-state index in [0.29, 0.717) is 12.8 Å². The molecule has 0 N–H and O–H groups in total. The van der Waals surface area contributed by atoms with Crippen LogP contribution in [0.1, 0.15) is 12.1 Å². The van der Waals surface area contributed by atoms with Crippen molar-refractivity contribution < 1.29 is 4.79 Å². The maximum Gasteiger partial charge on any atom is 0.151 e. The highest BCUT2D eigenvalue weighted by molar-refractivity contribution is 9.10. The summed E-state index contributed by atoms with van der Waals surface area (Å²) in [5, 5.41) is 8.02. The molecule has 60 valence electrons. The Labute approximate surface area is 72.7 Å². The number of nitrogens with zero attached hydrogens (tertiary/aromatic N) is 3. The Balaban J connectivity index is 2.69. The molecule has 0 saturated carbocycles. The van der Waals surface area contributed by atoms with E-state index in [-0.39, 0.29) is 0 Å². The number of carbonyl (C=O) groups is 1. The van der Waals surface area contributed by atoms with Crippen LogP contribution in [0.2, 0.25) is 0 Å². The van der Waals surface area contributed by atoms with Crippen LogP contribution in [-0.2, 0) is 18.3 Å². The number of aldehydes is 1. The minimum atomic E-state index is 0.497. The smallest absolute Gasteiger partial charge is 0.151 e. The molecule has 0 aromatic carbocycles. The lowest BCUT2D eigenvalue weighted by molar-refractivity contribution is -0.107. The molecule has 11 heavy (non-hydrogen) atoms. The minimum absolute atomic E-state index is 0.497. The number of aryl methyl sites for hydroxylation is 2. The highest BCUT2D eigenvalue weighted by Gasteiger charge is 2.04. The molecule has 0 fully saturated rings. The van der Waals surface area contributed by atoms with Gasteiger partial charge in [0, 0.05) is 19.9 Å². The zero-order valence-corrected chi connectivity index (χ0v) is 7.71. The minimum Gasteiger partial charge on any atom is -0.303 e. The summed E-state index contributed by atoms with van der Waals surface area (Å²) >= 11 is 3.24. The van der Waals surface area contributed by atoms with Gasteiger partial charge < -0.3 is 4.79 Å². The molecule has 0 aliphatic carbocycles. The molecular weight excluding hydrogens is 210 g/mol. The molecule has 1 rings (SSSR count). The molecule has 5 heteroatoms. The monoisotopic (exact) mass is 217 g/mol. The number of carbonyl (C=O) groups excluding carboxylic acids is 1. The number of hydrogen-bond donors (Lipinski definition) is 0. The van der Waals surface area contributed by atoms with Gasteiger partial charge in [0.05, 0.1) is 5.69 Å². The van der Waals surface area contributed by atoms with Crippen molar-refractivity contribution in [1.29, 1.82) is 0 Å². The summed E-state index contributed by atoms with van der Waals surface area (Å²) < 4.78 is 0.724. The Hall–Kier alpha value is -0.710. The molecule has 0 aliphatic heterocycles. The van der Waals surface area contributed by atoms with E-state index in [1.807, 2.05) is 0 Å². The summed E-state index contributed by atoms with van der Waals surface area (Å²) in [5.74, 6) is 0. The van der Waals surface area contributed by atoms with Crippen LogP contribution in [-0.4, -0.2) is 21.3 Å². The van der Waals surface area contributed by atoms with Crippen LogP contribution in [0.15, 0.2) is 4.60 Å². The molecule has 0 bridgehead atoms. The maximum atomic E-state index is 10.0. The van der Waals surface area contributed by atoms with Gasteiger partial charge in [0.25, 0.3) is 0 Å². The van der Waals surface area contributed by atoms with E-state index in [4.69, 9.17) is 0 Å². The van der Waals surface area contributed by atoms with Crippen molar-refractivity contribution in [2.45, 2.75) is 12.8 Å². The number of aromatic nitrogens is 3. The van der Waals surface area contributed by atoms with Crippen LogP contribution in [0.5, 0.6) is 0 Å². The van der Waals surface area contributed by atoms with Gasteiger partial charge in [-0.25, -0.2) is 0 Å². The van der Waals surface area contributed by atoms with Gasteiger partial charge in [0.2, 0.25) is 0 Å². The molecule has 1 aromatic rings. The van der Waals surface area contributed by atoms with Gasteiger partial charge in [-0.3, -0.25) is 0 Å². The number of rotatable bonds is 3. The summed E-state index contributed by atoms with van der Waals surface area (Å²) in [6, 6.07) is 0.